The molecule has 0 aliphatic carbocycles. The minimum atomic E-state index is -3.29. The number of rotatable bonds is 6. The summed E-state index contributed by atoms with van der Waals surface area (Å²) in [5, 5.41) is 0. The number of thiocarbonyl (C=S) groups is 1. The molecule has 0 aromatic heterocycles. The van der Waals surface area contributed by atoms with E-state index in [0.717, 1.165) is 0 Å². The van der Waals surface area contributed by atoms with E-state index in [-0.39, 0.29) is 30.5 Å². The second-order valence-electron chi connectivity index (χ2n) is 4.57. The summed E-state index contributed by atoms with van der Waals surface area (Å²) in [6.07, 6.45) is 1.75. The molecule has 0 radical (unpaired) electrons. The van der Waals surface area contributed by atoms with Gasteiger partial charge in [0.05, 0.1) is 17.9 Å². The van der Waals surface area contributed by atoms with Crippen molar-refractivity contribution in [3.05, 3.63) is 0 Å². The average Bonchev–Trinajstić information content (AvgIpc) is 2.38. The molecule has 19 heavy (non-hydrogen) atoms. The zero-order valence-electron chi connectivity index (χ0n) is 11.0. The highest BCUT2D eigenvalue weighted by Gasteiger charge is 2.28. The molecule has 0 aromatic rings. The maximum absolute atomic E-state index is 12.0. The Balaban J connectivity index is 2.42. The van der Waals surface area contributed by atoms with Crippen LogP contribution in [0.3, 0.4) is 0 Å². The molecular formula is C11H20N2O4S2. The first-order valence-corrected chi connectivity index (χ1v) is 8.22. The molecule has 0 spiro atoms. The van der Waals surface area contributed by atoms with Gasteiger partial charge in [-0.3, -0.25) is 4.79 Å². The lowest BCUT2D eigenvalue weighted by atomic mass is 9.98. The smallest absolute Gasteiger partial charge is 0.305 e. The Morgan fingerprint density at radius 3 is 2.47 bits per heavy atom. The highest BCUT2D eigenvalue weighted by atomic mass is 32.2. The number of nitrogens with zero attached hydrogens (tertiary/aromatic N) is 1. The molecule has 6 nitrogen and oxygen atoms in total. The summed E-state index contributed by atoms with van der Waals surface area (Å²) in [6.45, 7) is 0.894. The molecule has 2 N–H and O–H groups in total. The number of nitrogens with two attached hydrogens (primary N) is 1. The zero-order chi connectivity index (χ0) is 14.5. The van der Waals surface area contributed by atoms with Crippen molar-refractivity contribution in [3.8, 4) is 0 Å². The van der Waals surface area contributed by atoms with E-state index in [0.29, 0.717) is 30.9 Å². The molecule has 0 atom stereocenters. The van der Waals surface area contributed by atoms with E-state index in [1.165, 1.54) is 11.4 Å². The molecule has 0 amide bonds. The van der Waals surface area contributed by atoms with Gasteiger partial charge in [0.2, 0.25) is 10.0 Å². The standard InChI is InChI=1S/C11H20N2O4S2/c1-17-10(14)3-2-8-19(15,16)13-6-4-9(5-7-13)11(12)18/h9H,2-8H2,1H3,(H2,12,18). The van der Waals surface area contributed by atoms with Crippen molar-refractivity contribution >= 4 is 33.2 Å². The highest BCUT2D eigenvalue weighted by Crippen LogP contribution is 2.20. The van der Waals surface area contributed by atoms with Crippen molar-refractivity contribution in [1.29, 1.82) is 0 Å². The first kappa shape index (κ1) is 16.3. The van der Waals surface area contributed by atoms with Crippen LogP contribution in [0.5, 0.6) is 0 Å². The molecule has 1 fully saturated rings. The van der Waals surface area contributed by atoms with Crippen LogP contribution in [0.15, 0.2) is 0 Å². The van der Waals surface area contributed by atoms with Gasteiger partial charge in [-0.05, 0) is 19.3 Å². The van der Waals surface area contributed by atoms with Crippen molar-refractivity contribution < 1.29 is 17.9 Å². The van der Waals surface area contributed by atoms with Crippen LogP contribution in [-0.2, 0) is 19.6 Å². The van der Waals surface area contributed by atoms with Crippen LogP contribution in [0.4, 0.5) is 0 Å². The predicted molar refractivity (Wildman–Crippen MR) is 76.1 cm³/mol. The Hall–Kier alpha value is -0.730. The third kappa shape index (κ3) is 5.04. The number of methoxy groups -OCH3 is 1. The quantitative estimate of drug-likeness (QED) is 0.559. The van der Waals surface area contributed by atoms with E-state index in [2.05, 4.69) is 4.74 Å². The number of esters is 1. The number of ether oxygens (including phenoxy) is 1. The van der Waals surface area contributed by atoms with Gasteiger partial charge >= 0.3 is 5.97 Å². The Morgan fingerprint density at radius 2 is 2.00 bits per heavy atom. The van der Waals surface area contributed by atoms with E-state index in [9.17, 15) is 13.2 Å². The van der Waals surface area contributed by atoms with Crippen LogP contribution in [0.25, 0.3) is 0 Å². The Bertz CT molecular complexity index is 428. The van der Waals surface area contributed by atoms with Crippen molar-refractivity contribution in [1.82, 2.24) is 4.31 Å². The summed E-state index contributed by atoms with van der Waals surface area (Å²) in [5.74, 6) is -0.279. The van der Waals surface area contributed by atoms with Gasteiger partial charge < -0.3 is 10.5 Å². The summed E-state index contributed by atoms with van der Waals surface area (Å²) in [7, 11) is -2.01. The lowest BCUT2D eigenvalue weighted by Crippen LogP contribution is -2.42. The molecule has 1 aliphatic heterocycles. The van der Waals surface area contributed by atoms with Crippen molar-refractivity contribution in [2.45, 2.75) is 25.7 Å². The first-order chi connectivity index (χ1) is 8.86. The van der Waals surface area contributed by atoms with Gasteiger partial charge in [-0.2, -0.15) is 0 Å². The van der Waals surface area contributed by atoms with Gasteiger partial charge in [-0.15, -0.1) is 0 Å². The summed E-state index contributed by atoms with van der Waals surface area (Å²) in [6, 6.07) is 0. The third-order valence-corrected chi connectivity index (χ3v) is 5.55. The first-order valence-electron chi connectivity index (χ1n) is 6.21. The molecule has 0 saturated carbocycles. The molecule has 0 unspecified atom stereocenters. The van der Waals surface area contributed by atoms with E-state index in [4.69, 9.17) is 18.0 Å². The number of carbonyl (C=O) groups excluding carboxylic acids is 1. The summed E-state index contributed by atoms with van der Waals surface area (Å²) in [5.41, 5.74) is 5.56. The highest BCUT2D eigenvalue weighted by molar-refractivity contribution is 7.89. The minimum Gasteiger partial charge on any atom is -0.469 e. The lowest BCUT2D eigenvalue weighted by molar-refractivity contribution is -0.140. The van der Waals surface area contributed by atoms with Crippen molar-refractivity contribution in [2.75, 3.05) is 26.0 Å². The number of hydrogen-bond acceptors (Lipinski definition) is 5. The summed E-state index contributed by atoms with van der Waals surface area (Å²) < 4.78 is 30.0. The van der Waals surface area contributed by atoms with Crippen molar-refractivity contribution in [3.63, 3.8) is 0 Å². The topological polar surface area (TPSA) is 89.7 Å². The maximum Gasteiger partial charge on any atom is 0.305 e. The van der Waals surface area contributed by atoms with Gasteiger partial charge in [-0.1, -0.05) is 12.2 Å². The molecule has 0 bridgehead atoms. The number of carbonyl (C=O) groups is 1. The molecule has 0 aromatic carbocycles. The average molecular weight is 308 g/mol. The molecule has 1 heterocycles. The van der Waals surface area contributed by atoms with E-state index >= 15 is 0 Å². The summed E-state index contributed by atoms with van der Waals surface area (Å²) in [4.78, 5) is 11.4. The fourth-order valence-electron chi connectivity index (χ4n) is 2.05. The van der Waals surface area contributed by atoms with Gasteiger partial charge in [0.25, 0.3) is 0 Å². The Morgan fingerprint density at radius 1 is 1.42 bits per heavy atom. The lowest BCUT2D eigenvalue weighted by Gasteiger charge is -2.30. The van der Waals surface area contributed by atoms with Gasteiger partial charge in [0.1, 0.15) is 0 Å². The van der Waals surface area contributed by atoms with Crippen LogP contribution >= 0.6 is 12.2 Å². The Kier molecular flexibility index (Phi) is 6.15. The van der Waals surface area contributed by atoms with Gasteiger partial charge in [-0.25, -0.2) is 12.7 Å². The predicted octanol–water partition coefficient (Wildman–Crippen LogP) is 0.268. The zero-order valence-corrected chi connectivity index (χ0v) is 12.6. The van der Waals surface area contributed by atoms with E-state index < -0.39 is 10.0 Å². The van der Waals surface area contributed by atoms with Crippen molar-refractivity contribution in [2.24, 2.45) is 11.7 Å². The fraction of sp³-hybridized carbons (Fsp3) is 0.818. The molecule has 110 valence electrons. The number of hydrogen-bond donors (Lipinski definition) is 1. The largest absolute Gasteiger partial charge is 0.469 e. The molecule has 1 rings (SSSR count). The number of piperidine rings is 1. The van der Waals surface area contributed by atoms with Crippen LogP contribution in [0.1, 0.15) is 25.7 Å². The maximum atomic E-state index is 12.0. The molecule has 8 heteroatoms. The van der Waals surface area contributed by atoms with Gasteiger partial charge in [0, 0.05) is 25.4 Å². The Labute approximate surface area is 119 Å². The fourth-order valence-corrected chi connectivity index (χ4v) is 3.82. The second-order valence-corrected chi connectivity index (χ2v) is 7.13. The minimum absolute atomic E-state index is 0.0279. The van der Waals surface area contributed by atoms with Crippen LogP contribution in [0, 0.1) is 5.92 Å². The van der Waals surface area contributed by atoms with Crippen LogP contribution in [0.2, 0.25) is 0 Å². The molecule has 1 saturated heterocycles. The number of sulfonamides is 1. The second kappa shape index (κ2) is 7.16. The summed E-state index contributed by atoms with van der Waals surface area (Å²) >= 11 is 4.92. The van der Waals surface area contributed by atoms with Crippen LogP contribution < -0.4 is 5.73 Å². The monoisotopic (exact) mass is 308 g/mol. The molecular weight excluding hydrogens is 288 g/mol. The molecule has 1 aliphatic rings. The van der Waals surface area contributed by atoms with Crippen LogP contribution in [-0.4, -0.2) is 49.6 Å². The third-order valence-electron chi connectivity index (χ3n) is 3.26. The van der Waals surface area contributed by atoms with E-state index in [1.54, 1.807) is 0 Å². The SMILES string of the molecule is COC(=O)CCCS(=O)(=O)N1CCC(C(N)=S)CC1. The normalized spacial score (nSPS) is 18.2. The van der Waals surface area contributed by atoms with Gasteiger partial charge in [0.15, 0.2) is 0 Å². The van der Waals surface area contributed by atoms with E-state index in [1.807, 2.05) is 0 Å².